The molecule has 2 aliphatic rings. The van der Waals surface area contributed by atoms with Crippen LogP contribution < -0.4 is 4.90 Å². The molecule has 0 radical (unpaired) electrons. The highest BCUT2D eigenvalue weighted by Gasteiger charge is 2.69. The van der Waals surface area contributed by atoms with Crippen LogP contribution in [0.15, 0.2) is 47.1 Å². The lowest BCUT2D eigenvalue weighted by atomic mass is 10.0. The van der Waals surface area contributed by atoms with E-state index in [1.807, 2.05) is 12.1 Å². The molecule has 2 aromatic rings. The number of halogens is 1. The molecule has 1 atom stereocenters. The SMILES string of the molecule is CC1(C)C(C(=O)N(Cc2ccco2)C2CC(=O)N(c3ccc(I)cc3)C2=O)C1(C)C. The van der Waals surface area contributed by atoms with E-state index in [2.05, 4.69) is 50.3 Å². The van der Waals surface area contributed by atoms with Crippen LogP contribution in [0.5, 0.6) is 0 Å². The Morgan fingerprint density at radius 3 is 2.30 bits per heavy atom. The molecule has 4 rings (SSSR count). The van der Waals surface area contributed by atoms with Crippen molar-refractivity contribution < 1.29 is 18.8 Å². The topological polar surface area (TPSA) is 70.8 Å². The van der Waals surface area contributed by atoms with Gasteiger partial charge in [-0.05, 0) is 69.8 Å². The van der Waals surface area contributed by atoms with Gasteiger partial charge >= 0.3 is 0 Å². The van der Waals surface area contributed by atoms with Crippen LogP contribution in [-0.4, -0.2) is 28.7 Å². The molecule has 2 heterocycles. The number of hydrogen-bond acceptors (Lipinski definition) is 4. The van der Waals surface area contributed by atoms with E-state index in [0.29, 0.717) is 11.4 Å². The zero-order chi connectivity index (χ0) is 21.8. The van der Waals surface area contributed by atoms with Gasteiger partial charge in [-0.15, -0.1) is 0 Å². The van der Waals surface area contributed by atoms with Gasteiger partial charge in [0.25, 0.3) is 5.91 Å². The van der Waals surface area contributed by atoms with Crippen LogP contribution in [0.4, 0.5) is 5.69 Å². The predicted octanol–water partition coefficient (Wildman–Crippen LogP) is 4.23. The third-order valence-corrected chi connectivity index (χ3v) is 7.76. The average Bonchev–Trinajstić information content (AvgIpc) is 3.10. The fourth-order valence-electron chi connectivity index (χ4n) is 4.61. The van der Waals surface area contributed by atoms with E-state index in [1.54, 1.807) is 35.4 Å². The summed E-state index contributed by atoms with van der Waals surface area (Å²) in [4.78, 5) is 42.5. The molecule has 0 N–H and O–H groups in total. The molecule has 1 saturated heterocycles. The van der Waals surface area contributed by atoms with Gasteiger partial charge in [-0.1, -0.05) is 27.7 Å². The second-order valence-electron chi connectivity index (χ2n) is 9.19. The van der Waals surface area contributed by atoms with Crippen LogP contribution in [-0.2, 0) is 20.9 Å². The summed E-state index contributed by atoms with van der Waals surface area (Å²) in [6, 6.07) is 9.92. The van der Waals surface area contributed by atoms with E-state index in [4.69, 9.17) is 4.42 Å². The minimum absolute atomic E-state index is 0.0230. The Morgan fingerprint density at radius 1 is 1.13 bits per heavy atom. The number of anilines is 1. The molecule has 1 unspecified atom stereocenters. The van der Waals surface area contributed by atoms with E-state index >= 15 is 0 Å². The quantitative estimate of drug-likeness (QED) is 0.437. The summed E-state index contributed by atoms with van der Waals surface area (Å²) >= 11 is 2.17. The first-order valence-corrected chi connectivity index (χ1v) is 11.1. The first kappa shape index (κ1) is 21.1. The Kier molecular flexibility index (Phi) is 5.07. The lowest BCUT2D eigenvalue weighted by Gasteiger charge is -2.28. The van der Waals surface area contributed by atoms with E-state index < -0.39 is 6.04 Å². The number of benzene rings is 1. The molecular formula is C23H25IN2O4. The number of amides is 3. The summed E-state index contributed by atoms with van der Waals surface area (Å²) in [5.74, 6) is -0.380. The number of carbonyl (C=O) groups is 3. The van der Waals surface area contributed by atoms with Gasteiger partial charge in [0.2, 0.25) is 11.8 Å². The molecule has 30 heavy (non-hydrogen) atoms. The van der Waals surface area contributed by atoms with Crippen LogP contribution in [0.2, 0.25) is 0 Å². The van der Waals surface area contributed by atoms with Crippen molar-refractivity contribution in [3.05, 3.63) is 52.0 Å². The lowest BCUT2D eigenvalue weighted by molar-refractivity contribution is -0.141. The number of carbonyl (C=O) groups excluding carboxylic acids is 3. The molecule has 1 aromatic heterocycles. The first-order valence-electron chi connectivity index (χ1n) is 10.0. The minimum atomic E-state index is -0.832. The first-order chi connectivity index (χ1) is 14.1. The van der Waals surface area contributed by atoms with Crippen LogP contribution >= 0.6 is 22.6 Å². The molecule has 1 saturated carbocycles. The standard InChI is InChI=1S/C23H25IN2O4/c1-22(2)19(23(22,3)4)21(29)25(13-16-6-5-11-30-16)17-12-18(27)26(20(17)28)15-9-7-14(24)8-10-15/h5-11,17,19H,12-13H2,1-4H3. The maximum atomic E-state index is 13.6. The van der Waals surface area contributed by atoms with Crippen molar-refractivity contribution in [3.8, 4) is 0 Å². The molecule has 0 bridgehead atoms. The summed E-state index contributed by atoms with van der Waals surface area (Å²) in [5.41, 5.74) is 0.185. The zero-order valence-corrected chi connectivity index (χ0v) is 19.7. The molecule has 3 amide bonds. The second kappa shape index (κ2) is 7.21. The van der Waals surface area contributed by atoms with Gasteiger partial charge in [-0.3, -0.25) is 14.4 Å². The van der Waals surface area contributed by atoms with Gasteiger partial charge in [0, 0.05) is 9.49 Å². The molecule has 6 nitrogen and oxygen atoms in total. The van der Waals surface area contributed by atoms with Crippen LogP contribution in [0.25, 0.3) is 0 Å². The largest absolute Gasteiger partial charge is 0.467 e. The molecule has 0 spiro atoms. The van der Waals surface area contributed by atoms with Crippen molar-refractivity contribution in [2.24, 2.45) is 16.7 Å². The van der Waals surface area contributed by atoms with Gasteiger partial charge in [-0.2, -0.15) is 0 Å². The fraction of sp³-hybridized carbons (Fsp3) is 0.435. The molecule has 1 aliphatic heterocycles. The summed E-state index contributed by atoms with van der Waals surface area (Å²) in [6.45, 7) is 8.44. The van der Waals surface area contributed by atoms with Crippen molar-refractivity contribution in [1.82, 2.24) is 4.90 Å². The van der Waals surface area contributed by atoms with Crippen LogP contribution in [0, 0.1) is 20.3 Å². The average molecular weight is 520 g/mol. The highest BCUT2D eigenvalue weighted by molar-refractivity contribution is 14.1. The number of imide groups is 1. The Balaban J connectivity index is 1.65. The molecule has 2 fully saturated rings. The molecular weight excluding hydrogens is 495 g/mol. The third kappa shape index (κ3) is 3.27. The third-order valence-electron chi connectivity index (χ3n) is 7.04. The van der Waals surface area contributed by atoms with Crippen LogP contribution in [0.3, 0.4) is 0 Å². The van der Waals surface area contributed by atoms with E-state index in [0.717, 1.165) is 3.57 Å². The normalized spacial score (nSPS) is 22.4. The molecule has 1 aliphatic carbocycles. The fourth-order valence-corrected chi connectivity index (χ4v) is 4.97. The van der Waals surface area contributed by atoms with Crippen molar-refractivity contribution in [1.29, 1.82) is 0 Å². The van der Waals surface area contributed by atoms with Crippen molar-refractivity contribution >= 4 is 46.0 Å². The summed E-state index contributed by atoms with van der Waals surface area (Å²) in [5, 5.41) is 0. The monoisotopic (exact) mass is 520 g/mol. The van der Waals surface area contributed by atoms with Crippen molar-refractivity contribution in [2.75, 3.05) is 4.90 Å². The highest BCUT2D eigenvalue weighted by atomic mass is 127. The highest BCUT2D eigenvalue weighted by Crippen LogP contribution is 2.69. The number of nitrogens with zero attached hydrogens (tertiary/aromatic N) is 2. The maximum Gasteiger partial charge on any atom is 0.257 e. The smallest absolute Gasteiger partial charge is 0.257 e. The van der Waals surface area contributed by atoms with Crippen LogP contribution in [0.1, 0.15) is 39.9 Å². The summed E-state index contributed by atoms with van der Waals surface area (Å²) in [6.07, 6.45) is 1.52. The maximum absolute atomic E-state index is 13.6. The number of hydrogen-bond donors (Lipinski definition) is 0. The minimum Gasteiger partial charge on any atom is -0.467 e. The Hall–Kier alpha value is -2.16. The van der Waals surface area contributed by atoms with Gasteiger partial charge in [0.05, 0.1) is 24.9 Å². The zero-order valence-electron chi connectivity index (χ0n) is 17.5. The van der Waals surface area contributed by atoms with Gasteiger partial charge in [-0.25, -0.2) is 4.90 Å². The molecule has 1 aromatic carbocycles. The Bertz CT molecular complexity index is 981. The van der Waals surface area contributed by atoms with Gasteiger partial charge < -0.3 is 9.32 Å². The summed E-state index contributed by atoms with van der Waals surface area (Å²) in [7, 11) is 0. The number of rotatable bonds is 5. The predicted molar refractivity (Wildman–Crippen MR) is 120 cm³/mol. The van der Waals surface area contributed by atoms with E-state index in [-0.39, 0.29) is 47.4 Å². The second-order valence-corrected chi connectivity index (χ2v) is 10.4. The summed E-state index contributed by atoms with van der Waals surface area (Å²) < 4.78 is 6.47. The van der Waals surface area contributed by atoms with Crippen molar-refractivity contribution in [2.45, 2.75) is 46.7 Å². The van der Waals surface area contributed by atoms with E-state index in [1.165, 1.54) is 4.90 Å². The van der Waals surface area contributed by atoms with Crippen molar-refractivity contribution in [3.63, 3.8) is 0 Å². The van der Waals surface area contributed by atoms with Gasteiger partial charge in [0.1, 0.15) is 11.8 Å². The Morgan fingerprint density at radius 2 is 1.77 bits per heavy atom. The molecule has 7 heteroatoms. The van der Waals surface area contributed by atoms with E-state index in [9.17, 15) is 14.4 Å². The molecule has 158 valence electrons. The Labute approximate surface area is 189 Å². The van der Waals surface area contributed by atoms with Gasteiger partial charge in [0.15, 0.2) is 0 Å². The number of furan rings is 1. The lowest BCUT2D eigenvalue weighted by Crippen LogP contribution is -2.46.